The first-order chi connectivity index (χ1) is 13.1. The van der Waals surface area contributed by atoms with Crippen molar-refractivity contribution in [2.75, 3.05) is 0 Å². The van der Waals surface area contributed by atoms with E-state index in [1.165, 1.54) is 11.1 Å². The largest absolute Gasteiger partial charge is 0.250 e. The van der Waals surface area contributed by atoms with Gasteiger partial charge < -0.3 is 0 Å². The highest BCUT2D eigenvalue weighted by Crippen LogP contribution is 2.25. The Labute approximate surface area is 172 Å². The molecule has 0 fully saturated rings. The maximum atomic E-state index is 5.37. The summed E-state index contributed by atoms with van der Waals surface area (Å²) in [6.45, 7) is 13.2. The molecule has 0 saturated heterocycles. The van der Waals surface area contributed by atoms with Crippen LogP contribution in [0, 0.1) is 4.77 Å². The van der Waals surface area contributed by atoms with Gasteiger partial charge in [0.2, 0.25) is 4.77 Å². The highest BCUT2D eigenvalue weighted by atomic mass is 32.1. The fourth-order valence-corrected chi connectivity index (χ4v) is 3.08. The van der Waals surface area contributed by atoms with E-state index >= 15 is 0 Å². The van der Waals surface area contributed by atoms with Crippen LogP contribution in [0.4, 0.5) is 0 Å². The van der Waals surface area contributed by atoms with E-state index < -0.39 is 0 Å². The van der Waals surface area contributed by atoms with Crippen LogP contribution in [0.15, 0.2) is 53.6 Å². The van der Waals surface area contributed by atoms with Crippen LogP contribution in [0.1, 0.15) is 58.2 Å². The number of nitrogens with zero attached hydrogens (tertiary/aromatic N) is 3. The second kappa shape index (κ2) is 7.47. The second-order valence-electron chi connectivity index (χ2n) is 9.11. The maximum Gasteiger partial charge on any atom is 0.216 e. The van der Waals surface area contributed by atoms with Gasteiger partial charge in [0.05, 0.1) is 6.21 Å². The zero-order valence-corrected chi connectivity index (χ0v) is 18.3. The first-order valence-corrected chi connectivity index (χ1v) is 9.90. The number of rotatable bonds is 3. The average molecular weight is 393 g/mol. The molecule has 1 heterocycles. The van der Waals surface area contributed by atoms with E-state index in [-0.39, 0.29) is 10.8 Å². The van der Waals surface area contributed by atoms with E-state index in [4.69, 9.17) is 12.2 Å². The lowest BCUT2D eigenvalue weighted by atomic mass is 9.87. The molecule has 146 valence electrons. The van der Waals surface area contributed by atoms with Gasteiger partial charge >= 0.3 is 0 Å². The van der Waals surface area contributed by atoms with Crippen molar-refractivity contribution < 1.29 is 0 Å². The van der Waals surface area contributed by atoms with Crippen LogP contribution in [0.3, 0.4) is 0 Å². The number of benzene rings is 2. The molecule has 0 amide bonds. The van der Waals surface area contributed by atoms with Gasteiger partial charge in [-0.05, 0) is 39.7 Å². The first-order valence-electron chi connectivity index (χ1n) is 9.49. The molecule has 0 aliphatic heterocycles. The Morgan fingerprint density at radius 2 is 1.36 bits per heavy atom. The molecule has 3 rings (SSSR count). The summed E-state index contributed by atoms with van der Waals surface area (Å²) >= 11 is 5.37. The molecule has 0 aliphatic rings. The Morgan fingerprint density at radius 3 is 1.86 bits per heavy atom. The van der Waals surface area contributed by atoms with E-state index in [2.05, 4.69) is 105 Å². The van der Waals surface area contributed by atoms with Crippen molar-refractivity contribution in [2.45, 2.75) is 52.4 Å². The smallest absolute Gasteiger partial charge is 0.216 e. The SMILES string of the molecule is CC(C)(C)c1ccc(/C=N\n2c(-c3ccc(C(C)(C)C)cc3)n[nH]c2=S)cc1. The third-order valence-corrected chi connectivity index (χ3v) is 5.02. The van der Waals surface area contributed by atoms with Crippen LogP contribution >= 0.6 is 12.2 Å². The van der Waals surface area contributed by atoms with Crippen molar-refractivity contribution in [2.24, 2.45) is 5.10 Å². The predicted octanol–water partition coefficient (Wildman–Crippen LogP) is 6.08. The lowest BCUT2D eigenvalue weighted by Gasteiger charge is -2.19. The minimum absolute atomic E-state index is 0.112. The molecule has 5 heteroatoms. The van der Waals surface area contributed by atoms with E-state index in [1.54, 1.807) is 4.68 Å². The van der Waals surface area contributed by atoms with Gasteiger partial charge in [0.15, 0.2) is 5.82 Å². The number of aromatic nitrogens is 3. The van der Waals surface area contributed by atoms with Crippen molar-refractivity contribution in [3.05, 3.63) is 70.0 Å². The van der Waals surface area contributed by atoms with Crippen LogP contribution in [0.25, 0.3) is 11.4 Å². The van der Waals surface area contributed by atoms with E-state index in [1.807, 2.05) is 6.21 Å². The summed E-state index contributed by atoms with van der Waals surface area (Å²) in [6, 6.07) is 16.8. The molecular weight excluding hydrogens is 364 g/mol. The molecule has 2 aromatic carbocycles. The van der Waals surface area contributed by atoms with Gasteiger partial charge in [-0.3, -0.25) is 0 Å². The average Bonchev–Trinajstić information content (AvgIpc) is 2.99. The summed E-state index contributed by atoms with van der Waals surface area (Å²) in [4.78, 5) is 0. The van der Waals surface area contributed by atoms with Crippen molar-refractivity contribution in [3.8, 4) is 11.4 Å². The Morgan fingerprint density at radius 1 is 0.857 bits per heavy atom. The summed E-state index contributed by atoms with van der Waals surface area (Å²) in [5.41, 5.74) is 4.81. The zero-order chi connectivity index (χ0) is 20.5. The van der Waals surface area contributed by atoms with Crippen LogP contribution < -0.4 is 0 Å². The van der Waals surface area contributed by atoms with Crippen LogP contribution in [-0.2, 0) is 10.8 Å². The molecule has 28 heavy (non-hydrogen) atoms. The number of aromatic amines is 1. The van der Waals surface area contributed by atoms with Crippen molar-refractivity contribution >= 4 is 18.4 Å². The third-order valence-electron chi connectivity index (χ3n) is 4.76. The van der Waals surface area contributed by atoms with E-state index in [9.17, 15) is 0 Å². The van der Waals surface area contributed by atoms with Gasteiger partial charge in [-0.15, -0.1) is 0 Å². The zero-order valence-electron chi connectivity index (χ0n) is 17.4. The Hall–Kier alpha value is -2.53. The second-order valence-corrected chi connectivity index (χ2v) is 9.49. The van der Waals surface area contributed by atoms with E-state index in [0.29, 0.717) is 10.6 Å². The molecule has 0 radical (unpaired) electrons. The summed E-state index contributed by atoms with van der Waals surface area (Å²) < 4.78 is 2.14. The molecule has 0 atom stereocenters. The number of H-pyrrole nitrogens is 1. The highest BCUT2D eigenvalue weighted by Gasteiger charge is 2.15. The van der Waals surface area contributed by atoms with Crippen molar-refractivity contribution in [3.63, 3.8) is 0 Å². The monoisotopic (exact) mass is 392 g/mol. The van der Waals surface area contributed by atoms with Crippen LogP contribution in [-0.4, -0.2) is 21.1 Å². The highest BCUT2D eigenvalue weighted by molar-refractivity contribution is 7.71. The quantitative estimate of drug-likeness (QED) is 0.433. The molecule has 0 aliphatic carbocycles. The summed E-state index contributed by atoms with van der Waals surface area (Å²) in [7, 11) is 0. The maximum absolute atomic E-state index is 5.37. The minimum atomic E-state index is 0.112. The summed E-state index contributed by atoms with van der Waals surface area (Å²) in [6.07, 6.45) is 1.81. The third kappa shape index (κ3) is 4.47. The lowest BCUT2D eigenvalue weighted by Crippen LogP contribution is -2.10. The van der Waals surface area contributed by atoms with Crippen LogP contribution in [0.5, 0.6) is 0 Å². The van der Waals surface area contributed by atoms with Gasteiger partial charge in [0.1, 0.15) is 0 Å². The van der Waals surface area contributed by atoms with E-state index in [0.717, 1.165) is 11.1 Å². The lowest BCUT2D eigenvalue weighted by molar-refractivity contribution is 0.590. The fourth-order valence-electron chi connectivity index (χ4n) is 2.90. The molecule has 1 N–H and O–H groups in total. The molecular formula is C23H28N4S. The molecule has 1 aromatic heterocycles. The van der Waals surface area contributed by atoms with Gasteiger partial charge in [0, 0.05) is 5.56 Å². The van der Waals surface area contributed by atoms with Crippen LogP contribution in [0.2, 0.25) is 0 Å². The minimum Gasteiger partial charge on any atom is -0.250 e. The van der Waals surface area contributed by atoms with Gasteiger partial charge in [-0.25, -0.2) is 5.10 Å². The normalized spacial score (nSPS) is 12.6. The number of hydrogen-bond acceptors (Lipinski definition) is 3. The first kappa shape index (κ1) is 20.2. The fraction of sp³-hybridized carbons (Fsp3) is 0.348. The molecule has 4 nitrogen and oxygen atoms in total. The molecule has 0 spiro atoms. The molecule has 0 bridgehead atoms. The summed E-state index contributed by atoms with van der Waals surface area (Å²) in [5.74, 6) is 0.702. The summed E-state index contributed by atoms with van der Waals surface area (Å²) in [5, 5.41) is 11.8. The standard InChI is InChI=1S/C23H28N4S/c1-22(2,3)18-11-7-16(8-12-18)15-24-27-20(25-26-21(27)28)17-9-13-19(14-10-17)23(4,5)6/h7-15H,1-6H3,(H,26,28)/b24-15-. The number of nitrogens with one attached hydrogen (secondary N) is 1. The van der Waals surface area contributed by atoms with Gasteiger partial charge in [-0.2, -0.15) is 14.9 Å². The van der Waals surface area contributed by atoms with Crippen molar-refractivity contribution in [1.29, 1.82) is 0 Å². The number of hydrogen-bond donors (Lipinski definition) is 1. The molecule has 0 unspecified atom stereocenters. The topological polar surface area (TPSA) is 46.0 Å². The Kier molecular flexibility index (Phi) is 5.39. The Bertz CT molecular complexity index is 1020. The predicted molar refractivity (Wildman–Crippen MR) is 120 cm³/mol. The molecule has 3 aromatic rings. The van der Waals surface area contributed by atoms with Gasteiger partial charge in [-0.1, -0.05) is 90.1 Å². The molecule has 0 saturated carbocycles. The van der Waals surface area contributed by atoms with Crippen molar-refractivity contribution in [1.82, 2.24) is 14.9 Å². The van der Waals surface area contributed by atoms with Gasteiger partial charge in [0.25, 0.3) is 0 Å². The Balaban J connectivity index is 1.89.